The van der Waals surface area contributed by atoms with Crippen molar-refractivity contribution in [3.05, 3.63) is 46.3 Å². The Morgan fingerprint density at radius 2 is 1.76 bits per heavy atom. The molecule has 0 saturated heterocycles. The molecule has 0 radical (unpaired) electrons. The summed E-state index contributed by atoms with van der Waals surface area (Å²) in [5.41, 5.74) is 2.26. The van der Waals surface area contributed by atoms with Gasteiger partial charge in [-0.3, -0.25) is 0 Å². The molecule has 0 spiro atoms. The van der Waals surface area contributed by atoms with E-state index in [9.17, 15) is 0 Å². The Hall–Kier alpha value is -1.23. The van der Waals surface area contributed by atoms with Gasteiger partial charge in [-0.05, 0) is 42.7 Å². The average molecular weight is 335 g/mol. The second-order valence-electron chi connectivity index (χ2n) is 4.83. The SMILES string of the molecule is CCCCc1ccc(N=Nc2cc3sc(Cl)cc3s2)cc1. The number of halogens is 1. The first kappa shape index (κ1) is 14.7. The van der Waals surface area contributed by atoms with Crippen LogP contribution < -0.4 is 0 Å². The summed E-state index contributed by atoms with van der Waals surface area (Å²) in [6.45, 7) is 2.21. The van der Waals surface area contributed by atoms with Gasteiger partial charge in [0.25, 0.3) is 0 Å². The summed E-state index contributed by atoms with van der Waals surface area (Å²) < 4.78 is 3.17. The molecule has 0 unspecified atom stereocenters. The zero-order chi connectivity index (χ0) is 14.7. The summed E-state index contributed by atoms with van der Waals surface area (Å²) >= 11 is 9.17. The van der Waals surface area contributed by atoms with E-state index in [-0.39, 0.29) is 0 Å². The Bertz CT molecular complexity index is 725. The molecule has 21 heavy (non-hydrogen) atoms. The fourth-order valence-electron chi connectivity index (χ4n) is 2.06. The molecule has 1 aromatic carbocycles. The maximum atomic E-state index is 5.97. The van der Waals surface area contributed by atoms with E-state index in [2.05, 4.69) is 29.3 Å². The number of hydrogen-bond acceptors (Lipinski definition) is 4. The number of nitrogens with zero attached hydrogens (tertiary/aromatic N) is 2. The molecule has 3 aromatic rings. The van der Waals surface area contributed by atoms with Gasteiger partial charge in [-0.25, -0.2) is 0 Å². The van der Waals surface area contributed by atoms with Gasteiger partial charge in [-0.1, -0.05) is 37.1 Å². The Labute approximate surface area is 137 Å². The minimum absolute atomic E-state index is 0.822. The van der Waals surface area contributed by atoms with Gasteiger partial charge in [0.1, 0.15) is 5.00 Å². The number of aryl methyl sites for hydroxylation is 1. The molecule has 0 bridgehead atoms. The third-order valence-corrected chi connectivity index (χ3v) is 5.49. The van der Waals surface area contributed by atoms with Crippen LogP contribution in [-0.4, -0.2) is 0 Å². The van der Waals surface area contributed by atoms with Gasteiger partial charge in [0.15, 0.2) is 0 Å². The van der Waals surface area contributed by atoms with Crippen molar-refractivity contribution < 1.29 is 0 Å². The molecular weight excluding hydrogens is 320 g/mol. The largest absolute Gasteiger partial charge is 0.150 e. The molecule has 5 heteroatoms. The lowest BCUT2D eigenvalue weighted by atomic mass is 10.1. The van der Waals surface area contributed by atoms with Gasteiger partial charge in [0, 0.05) is 9.40 Å². The first-order valence-electron chi connectivity index (χ1n) is 6.94. The summed E-state index contributed by atoms with van der Waals surface area (Å²) in [5, 5.41) is 9.54. The fraction of sp³-hybridized carbons (Fsp3) is 0.250. The molecule has 2 nitrogen and oxygen atoms in total. The van der Waals surface area contributed by atoms with Crippen LogP contribution in [-0.2, 0) is 6.42 Å². The van der Waals surface area contributed by atoms with E-state index in [1.165, 1.54) is 27.8 Å². The van der Waals surface area contributed by atoms with Gasteiger partial charge in [0.05, 0.1) is 10.0 Å². The second kappa shape index (κ2) is 6.69. The molecule has 0 aliphatic heterocycles. The lowest BCUT2D eigenvalue weighted by Crippen LogP contribution is -1.82. The van der Waals surface area contributed by atoms with Crippen LogP contribution >= 0.6 is 34.3 Å². The van der Waals surface area contributed by atoms with Crippen molar-refractivity contribution in [2.75, 3.05) is 0 Å². The summed E-state index contributed by atoms with van der Waals surface area (Å²) in [7, 11) is 0. The molecule has 0 N–H and O–H groups in total. The first-order valence-corrected chi connectivity index (χ1v) is 8.95. The zero-order valence-corrected chi connectivity index (χ0v) is 14.1. The average Bonchev–Trinajstić information content (AvgIpc) is 3.01. The summed E-state index contributed by atoms with van der Waals surface area (Å²) in [4.78, 5) is 0. The molecule has 0 atom stereocenters. The van der Waals surface area contributed by atoms with Gasteiger partial charge in [-0.2, -0.15) is 0 Å². The van der Waals surface area contributed by atoms with Crippen molar-refractivity contribution in [1.29, 1.82) is 0 Å². The van der Waals surface area contributed by atoms with E-state index >= 15 is 0 Å². The van der Waals surface area contributed by atoms with Crippen LogP contribution in [0.15, 0.2) is 46.6 Å². The number of fused-ring (bicyclic) bond motifs is 1. The molecule has 0 aliphatic rings. The highest BCUT2D eigenvalue weighted by molar-refractivity contribution is 7.31. The molecule has 0 fully saturated rings. The quantitative estimate of drug-likeness (QED) is 0.435. The van der Waals surface area contributed by atoms with Crippen LogP contribution in [0, 0.1) is 0 Å². The Balaban J connectivity index is 1.71. The Morgan fingerprint density at radius 1 is 1.00 bits per heavy atom. The Kier molecular flexibility index (Phi) is 4.68. The second-order valence-corrected chi connectivity index (χ2v) is 7.61. The first-order chi connectivity index (χ1) is 10.2. The van der Waals surface area contributed by atoms with Crippen molar-refractivity contribution in [2.45, 2.75) is 26.2 Å². The predicted octanol–water partition coefficient (Wildman–Crippen LogP) is 7.37. The van der Waals surface area contributed by atoms with Gasteiger partial charge in [-0.15, -0.1) is 32.9 Å². The topological polar surface area (TPSA) is 24.7 Å². The summed E-state index contributed by atoms with van der Waals surface area (Å²) in [5.74, 6) is 0. The molecule has 0 aliphatic carbocycles. The number of thiophene rings is 2. The molecular formula is C16H15ClN2S2. The lowest BCUT2D eigenvalue weighted by Gasteiger charge is -1.99. The van der Waals surface area contributed by atoms with Crippen molar-refractivity contribution in [1.82, 2.24) is 0 Å². The van der Waals surface area contributed by atoms with Crippen LogP contribution in [0.3, 0.4) is 0 Å². The van der Waals surface area contributed by atoms with E-state index in [1.807, 2.05) is 24.3 Å². The van der Waals surface area contributed by atoms with E-state index < -0.39 is 0 Å². The number of azo groups is 1. The van der Waals surface area contributed by atoms with Crippen LogP contribution in [0.2, 0.25) is 4.34 Å². The molecule has 0 saturated carbocycles. The van der Waals surface area contributed by atoms with Crippen LogP contribution in [0.25, 0.3) is 9.40 Å². The van der Waals surface area contributed by atoms with Crippen LogP contribution in [0.4, 0.5) is 10.7 Å². The Morgan fingerprint density at radius 3 is 2.48 bits per heavy atom. The molecule has 0 amide bonds. The third-order valence-electron chi connectivity index (χ3n) is 3.18. The van der Waals surface area contributed by atoms with E-state index in [4.69, 9.17) is 11.6 Å². The zero-order valence-electron chi connectivity index (χ0n) is 11.7. The lowest BCUT2D eigenvalue weighted by molar-refractivity contribution is 0.795. The predicted molar refractivity (Wildman–Crippen MR) is 93.9 cm³/mol. The van der Waals surface area contributed by atoms with E-state index in [0.29, 0.717) is 0 Å². The summed E-state index contributed by atoms with van der Waals surface area (Å²) in [6.07, 6.45) is 3.59. The highest BCUT2D eigenvalue weighted by Gasteiger charge is 2.05. The summed E-state index contributed by atoms with van der Waals surface area (Å²) in [6, 6.07) is 12.3. The normalized spacial score (nSPS) is 11.7. The van der Waals surface area contributed by atoms with Crippen LogP contribution in [0.1, 0.15) is 25.3 Å². The maximum Gasteiger partial charge on any atom is 0.140 e. The number of benzene rings is 1. The highest BCUT2D eigenvalue weighted by Crippen LogP contribution is 2.39. The number of unbranched alkanes of at least 4 members (excludes halogenated alkanes) is 1. The van der Waals surface area contributed by atoms with Gasteiger partial charge < -0.3 is 0 Å². The molecule has 108 valence electrons. The smallest absolute Gasteiger partial charge is 0.140 e. The highest BCUT2D eigenvalue weighted by atomic mass is 35.5. The minimum Gasteiger partial charge on any atom is -0.150 e. The van der Waals surface area contributed by atoms with Gasteiger partial charge >= 0.3 is 0 Å². The monoisotopic (exact) mass is 334 g/mol. The van der Waals surface area contributed by atoms with Crippen molar-refractivity contribution in [2.24, 2.45) is 10.2 Å². The standard InChI is InChI=1S/C16H15ClN2S2/c1-2-3-4-11-5-7-12(8-6-11)18-19-16-10-14-13(21-16)9-15(17)20-14/h5-10H,2-4H2,1H3. The number of rotatable bonds is 5. The van der Waals surface area contributed by atoms with Crippen molar-refractivity contribution in [3.63, 3.8) is 0 Å². The maximum absolute atomic E-state index is 5.97. The minimum atomic E-state index is 0.822. The third kappa shape index (κ3) is 3.70. The number of hydrogen-bond donors (Lipinski definition) is 0. The van der Waals surface area contributed by atoms with Crippen LogP contribution in [0.5, 0.6) is 0 Å². The molecule has 2 aromatic heterocycles. The van der Waals surface area contributed by atoms with E-state index in [0.717, 1.165) is 21.4 Å². The van der Waals surface area contributed by atoms with Crippen molar-refractivity contribution in [3.8, 4) is 0 Å². The van der Waals surface area contributed by atoms with Crippen molar-refractivity contribution >= 4 is 54.4 Å². The molecule has 2 heterocycles. The van der Waals surface area contributed by atoms with Gasteiger partial charge in [0.2, 0.25) is 0 Å². The fourth-order valence-corrected chi connectivity index (χ4v) is 4.42. The molecule has 3 rings (SSSR count). The van der Waals surface area contributed by atoms with E-state index in [1.54, 1.807) is 22.7 Å².